The molecule has 0 saturated heterocycles. The van der Waals surface area contributed by atoms with E-state index in [0.29, 0.717) is 22.7 Å². The fraction of sp³-hybridized carbons (Fsp3) is 0.633. The Morgan fingerprint density at radius 3 is 2.60 bits per heavy atom. The fourth-order valence-corrected chi connectivity index (χ4v) is 9.60. The third kappa shape index (κ3) is 4.43. The van der Waals surface area contributed by atoms with Gasteiger partial charge in [0.05, 0.1) is 18.6 Å². The molecular formula is C30H41BN2O8S. The quantitative estimate of drug-likeness (QED) is 0.333. The zero-order valence-electron chi connectivity index (χ0n) is 24.9. The van der Waals surface area contributed by atoms with E-state index in [4.69, 9.17) is 4.74 Å². The zero-order chi connectivity index (χ0) is 31.0. The molecule has 0 spiro atoms. The van der Waals surface area contributed by atoms with Crippen molar-refractivity contribution in [2.45, 2.75) is 72.0 Å². The number of carbonyl (C=O) groups is 2. The molecule has 1 aromatic carbocycles. The Kier molecular flexibility index (Phi) is 7.47. The Balaban J connectivity index is 1.62. The van der Waals surface area contributed by atoms with E-state index in [2.05, 4.69) is 18.6 Å². The monoisotopic (exact) mass is 600 g/mol. The summed E-state index contributed by atoms with van der Waals surface area (Å²) in [5.74, 6) is -2.23. The van der Waals surface area contributed by atoms with Gasteiger partial charge in [0.25, 0.3) is 0 Å². The topological polar surface area (TPSA) is 154 Å². The van der Waals surface area contributed by atoms with Crippen molar-refractivity contribution in [1.29, 1.82) is 0 Å². The predicted molar refractivity (Wildman–Crippen MR) is 159 cm³/mol. The van der Waals surface area contributed by atoms with Gasteiger partial charge in [-0.05, 0) is 71.5 Å². The van der Waals surface area contributed by atoms with Crippen molar-refractivity contribution in [3.63, 3.8) is 0 Å². The molecule has 1 aliphatic heterocycles. The van der Waals surface area contributed by atoms with E-state index < -0.39 is 63.3 Å². The van der Waals surface area contributed by atoms with Gasteiger partial charge < -0.3 is 20.0 Å². The highest BCUT2D eigenvalue weighted by atomic mass is 32.2. The molecule has 1 heterocycles. The minimum atomic E-state index is -3.87. The van der Waals surface area contributed by atoms with Crippen LogP contribution in [-0.2, 0) is 19.6 Å². The molecule has 3 N–H and O–H groups in total. The SMILES string of the molecule is C=C[C@]1(C)C[C@@H](C(Oc2ccc3c(c2)B(O)N(S(C)(=O)=O)N=C3)C(=O)O)[C@@]2(C)[C@H](C)CC[C@]3(CCC(=O)[C@H]32)[C@@H](C)[C@@H]1O. The molecule has 1 aromatic rings. The number of hydrogen-bond donors (Lipinski definition) is 3. The number of nitrogens with zero attached hydrogens (tertiary/aromatic N) is 2. The lowest BCUT2D eigenvalue weighted by Gasteiger charge is -2.63. The molecule has 3 aliphatic carbocycles. The smallest absolute Gasteiger partial charge is 0.478 e. The van der Waals surface area contributed by atoms with Crippen molar-refractivity contribution in [3.05, 3.63) is 36.4 Å². The molecule has 12 heteroatoms. The summed E-state index contributed by atoms with van der Waals surface area (Å²) >= 11 is 0. The minimum Gasteiger partial charge on any atom is -0.478 e. The number of rotatable bonds is 6. The first-order valence-corrected chi connectivity index (χ1v) is 16.5. The van der Waals surface area contributed by atoms with Crippen LogP contribution < -0.4 is 10.2 Å². The molecular weight excluding hydrogens is 559 g/mol. The van der Waals surface area contributed by atoms with Crippen LogP contribution in [0.25, 0.3) is 0 Å². The number of carbonyl (C=O) groups excluding carboxylic acids is 1. The first-order chi connectivity index (χ1) is 19.5. The average molecular weight is 601 g/mol. The molecule has 9 atom stereocenters. The third-order valence-corrected chi connectivity index (χ3v) is 12.5. The number of carboxylic acids is 1. The number of hydrogen-bond acceptors (Lipinski definition) is 8. The van der Waals surface area contributed by atoms with E-state index in [-0.39, 0.29) is 35.3 Å². The number of aliphatic hydroxyl groups excluding tert-OH is 1. The summed E-state index contributed by atoms with van der Waals surface area (Å²) in [5.41, 5.74) is -1.37. The van der Waals surface area contributed by atoms with Gasteiger partial charge in [-0.25, -0.2) is 17.5 Å². The van der Waals surface area contributed by atoms with Gasteiger partial charge in [0.15, 0.2) is 6.10 Å². The largest absolute Gasteiger partial charge is 0.484 e. The van der Waals surface area contributed by atoms with Crippen molar-refractivity contribution < 1.29 is 38.0 Å². The number of ether oxygens (including phenoxy) is 1. The lowest BCUT2D eigenvalue weighted by molar-refractivity contribution is -0.193. The fourth-order valence-electron chi connectivity index (χ4n) is 8.90. The minimum absolute atomic E-state index is 0.00881. The second kappa shape index (κ2) is 10.2. The number of aliphatic carboxylic acids is 1. The summed E-state index contributed by atoms with van der Waals surface area (Å²) in [6, 6.07) is 4.58. The maximum absolute atomic E-state index is 13.7. The Morgan fingerprint density at radius 2 is 1.98 bits per heavy atom. The first kappa shape index (κ1) is 30.8. The molecule has 0 radical (unpaired) electrons. The first-order valence-electron chi connectivity index (χ1n) is 14.6. The van der Waals surface area contributed by atoms with Crippen molar-refractivity contribution in [2.24, 2.45) is 45.0 Å². The van der Waals surface area contributed by atoms with Gasteiger partial charge in [-0.2, -0.15) is 5.10 Å². The van der Waals surface area contributed by atoms with Gasteiger partial charge in [0.2, 0.25) is 10.0 Å². The third-order valence-electron chi connectivity index (χ3n) is 11.5. The van der Waals surface area contributed by atoms with Crippen LogP contribution in [0.3, 0.4) is 0 Å². The van der Waals surface area contributed by atoms with E-state index in [9.17, 15) is 33.2 Å². The van der Waals surface area contributed by atoms with Crippen LogP contribution in [0, 0.1) is 39.9 Å². The van der Waals surface area contributed by atoms with Gasteiger partial charge in [-0.1, -0.05) is 39.8 Å². The number of fused-ring (bicyclic) bond motifs is 1. The highest BCUT2D eigenvalue weighted by Gasteiger charge is 2.69. The van der Waals surface area contributed by atoms with E-state index in [0.717, 1.165) is 19.1 Å². The molecule has 3 saturated carbocycles. The number of carboxylic acid groups (broad SMARTS) is 1. The van der Waals surface area contributed by atoms with Crippen LogP contribution in [0.2, 0.25) is 0 Å². The molecule has 1 unspecified atom stereocenters. The van der Waals surface area contributed by atoms with Crippen molar-refractivity contribution in [3.8, 4) is 5.75 Å². The average Bonchev–Trinajstić information content (AvgIpc) is 3.29. The second-order valence-electron chi connectivity index (χ2n) is 13.5. The number of hydrazone groups is 1. The number of aliphatic hydroxyl groups is 1. The summed E-state index contributed by atoms with van der Waals surface area (Å²) in [5, 5.41) is 37.1. The molecule has 228 valence electrons. The van der Waals surface area contributed by atoms with Crippen molar-refractivity contribution in [2.75, 3.05) is 6.26 Å². The van der Waals surface area contributed by atoms with Gasteiger partial charge in [0.1, 0.15) is 11.5 Å². The van der Waals surface area contributed by atoms with Gasteiger partial charge >= 0.3 is 13.0 Å². The van der Waals surface area contributed by atoms with Gasteiger partial charge in [-0.15, -0.1) is 6.58 Å². The van der Waals surface area contributed by atoms with Crippen LogP contribution in [0.4, 0.5) is 0 Å². The molecule has 5 rings (SSSR count). The van der Waals surface area contributed by atoms with Crippen molar-refractivity contribution in [1.82, 2.24) is 4.33 Å². The predicted octanol–water partition coefficient (Wildman–Crippen LogP) is 2.43. The summed E-state index contributed by atoms with van der Waals surface area (Å²) in [6.45, 7) is 12.1. The Bertz CT molecular complexity index is 1450. The van der Waals surface area contributed by atoms with Crippen molar-refractivity contribution >= 4 is 40.5 Å². The zero-order valence-corrected chi connectivity index (χ0v) is 25.7. The van der Waals surface area contributed by atoms with Gasteiger partial charge in [0, 0.05) is 23.7 Å². The Morgan fingerprint density at radius 1 is 1.29 bits per heavy atom. The van der Waals surface area contributed by atoms with E-state index in [1.807, 2.05) is 20.8 Å². The van der Waals surface area contributed by atoms with Crippen LogP contribution in [-0.4, -0.2) is 71.5 Å². The molecule has 4 aliphatic rings. The number of benzene rings is 1. The lowest BCUT2D eigenvalue weighted by atomic mass is 9.41. The van der Waals surface area contributed by atoms with Crippen LogP contribution in [0.5, 0.6) is 5.75 Å². The molecule has 2 bridgehead atoms. The Labute approximate surface area is 248 Å². The summed E-state index contributed by atoms with van der Waals surface area (Å²) < 4.78 is 31.1. The van der Waals surface area contributed by atoms with Gasteiger partial charge in [-0.3, -0.25) is 4.79 Å². The maximum atomic E-state index is 13.7. The van der Waals surface area contributed by atoms with Crippen LogP contribution in [0.1, 0.15) is 65.4 Å². The summed E-state index contributed by atoms with van der Waals surface area (Å²) in [4.78, 5) is 26.8. The highest BCUT2D eigenvalue weighted by Crippen LogP contribution is 2.69. The molecule has 42 heavy (non-hydrogen) atoms. The highest BCUT2D eigenvalue weighted by molar-refractivity contribution is 7.89. The maximum Gasteiger partial charge on any atom is 0.484 e. The lowest BCUT2D eigenvalue weighted by Crippen LogP contribution is -2.63. The summed E-state index contributed by atoms with van der Waals surface area (Å²) in [7, 11) is -5.48. The summed E-state index contributed by atoms with van der Waals surface area (Å²) in [6.07, 6.45) is 4.61. The van der Waals surface area contributed by atoms with E-state index in [1.165, 1.54) is 12.3 Å². The van der Waals surface area contributed by atoms with E-state index >= 15 is 0 Å². The molecule has 3 fully saturated rings. The number of ketones is 1. The number of Topliss-reactive ketones (excluding diaryl/α,β-unsaturated/α-hetero) is 1. The van der Waals surface area contributed by atoms with E-state index in [1.54, 1.807) is 18.2 Å². The standard InChI is InChI=1S/C30H41BN2O8S/c1-7-28(4)15-21(29(5)17(2)10-12-30(18(3)26(28)35)13-11-23(34)25(29)30)24(27(36)37)41-20-9-8-19-16-32-33(42(6,39)40)31(38)22(19)14-20/h7-9,14,16-18,21,24-26,35,38H,1,10-13,15H2,2-6H3,(H,36,37)/t17-,18+,21+,24?,25+,26+,28-,29-,30+/m1/s1. The second-order valence-corrected chi connectivity index (χ2v) is 15.4. The molecule has 0 amide bonds. The molecule has 10 nitrogen and oxygen atoms in total. The normalized spacial score (nSPS) is 38.6. The Hall–Kier alpha value is -2.70. The number of sulfonamides is 1. The van der Waals surface area contributed by atoms with Crippen LogP contribution in [0.15, 0.2) is 36.0 Å². The molecule has 0 aromatic heterocycles. The van der Waals surface area contributed by atoms with Crippen LogP contribution >= 0.6 is 0 Å².